The van der Waals surface area contributed by atoms with E-state index >= 15 is 0 Å². The maximum Gasteiger partial charge on any atom is 0.0763 e. The molecule has 0 amide bonds. The fraction of sp³-hybridized carbons (Fsp3) is 0.0625. The van der Waals surface area contributed by atoms with Crippen molar-refractivity contribution in [3.8, 4) is 0 Å². The Morgan fingerprint density at radius 1 is 1.05 bits per heavy atom. The van der Waals surface area contributed by atoms with Crippen LogP contribution >= 0.6 is 23.2 Å². The second-order valence-electron chi connectivity index (χ2n) is 4.80. The first kappa shape index (κ1) is 14.0. The van der Waals surface area contributed by atoms with Gasteiger partial charge in [-0.15, -0.1) is 0 Å². The molecule has 0 fully saturated rings. The average Bonchev–Trinajstić information content (AvgIpc) is 2.45. The molecular weight excluding hydrogens is 305 g/mol. The number of benzene rings is 2. The number of para-hydroxylation sites is 1. The highest BCUT2D eigenvalue weighted by Crippen LogP contribution is 2.36. The molecule has 3 aromatic rings. The van der Waals surface area contributed by atoms with Crippen molar-refractivity contribution >= 4 is 51.0 Å². The summed E-state index contributed by atoms with van der Waals surface area (Å²) in [6.45, 7) is 1.94. The molecule has 21 heavy (non-hydrogen) atoms. The van der Waals surface area contributed by atoms with E-state index < -0.39 is 0 Å². The lowest BCUT2D eigenvalue weighted by atomic mass is 10.1. The predicted octanol–water partition coefficient (Wildman–Crippen LogP) is 5.18. The van der Waals surface area contributed by atoms with E-state index in [9.17, 15) is 0 Å². The fourth-order valence-electron chi connectivity index (χ4n) is 2.23. The van der Waals surface area contributed by atoms with Crippen molar-refractivity contribution in [2.45, 2.75) is 6.92 Å². The second-order valence-corrected chi connectivity index (χ2v) is 5.61. The number of fused-ring (bicyclic) bond motifs is 1. The topological polar surface area (TPSA) is 50.9 Å². The zero-order chi connectivity index (χ0) is 15.0. The van der Waals surface area contributed by atoms with Crippen LogP contribution in [-0.4, -0.2) is 4.98 Å². The van der Waals surface area contributed by atoms with Gasteiger partial charge in [-0.3, -0.25) is 4.98 Å². The van der Waals surface area contributed by atoms with Gasteiger partial charge in [0.15, 0.2) is 0 Å². The van der Waals surface area contributed by atoms with Gasteiger partial charge in [-0.25, -0.2) is 0 Å². The number of hydrogen-bond donors (Lipinski definition) is 2. The van der Waals surface area contributed by atoms with Crippen molar-refractivity contribution in [1.82, 2.24) is 4.98 Å². The van der Waals surface area contributed by atoms with Crippen molar-refractivity contribution in [1.29, 1.82) is 0 Å². The summed E-state index contributed by atoms with van der Waals surface area (Å²) in [4.78, 5) is 4.29. The minimum atomic E-state index is 0.568. The van der Waals surface area contributed by atoms with E-state index in [0.717, 1.165) is 22.2 Å². The van der Waals surface area contributed by atoms with Crippen LogP contribution < -0.4 is 11.1 Å². The van der Waals surface area contributed by atoms with Crippen LogP contribution in [0.2, 0.25) is 10.0 Å². The van der Waals surface area contributed by atoms with Crippen LogP contribution in [0.25, 0.3) is 10.8 Å². The van der Waals surface area contributed by atoms with Crippen molar-refractivity contribution < 1.29 is 0 Å². The van der Waals surface area contributed by atoms with Crippen LogP contribution in [0, 0.1) is 6.92 Å². The van der Waals surface area contributed by atoms with Crippen LogP contribution in [0.15, 0.2) is 42.6 Å². The highest BCUT2D eigenvalue weighted by atomic mass is 35.5. The average molecular weight is 318 g/mol. The monoisotopic (exact) mass is 317 g/mol. The highest BCUT2D eigenvalue weighted by molar-refractivity contribution is 6.39. The van der Waals surface area contributed by atoms with Crippen LogP contribution in [0.3, 0.4) is 0 Å². The Kier molecular flexibility index (Phi) is 3.62. The number of nitrogens with two attached hydrogens (primary N) is 1. The fourth-order valence-corrected chi connectivity index (χ4v) is 2.72. The normalized spacial score (nSPS) is 10.8. The quantitative estimate of drug-likeness (QED) is 0.640. The largest absolute Gasteiger partial charge is 0.398 e. The first-order valence-electron chi connectivity index (χ1n) is 6.42. The van der Waals surface area contributed by atoms with E-state index in [1.165, 1.54) is 0 Å². The number of hydrogen-bond acceptors (Lipinski definition) is 3. The number of pyridine rings is 1. The lowest BCUT2D eigenvalue weighted by Gasteiger charge is -2.14. The van der Waals surface area contributed by atoms with Gasteiger partial charge in [0.1, 0.15) is 0 Å². The molecule has 3 N–H and O–H groups in total. The summed E-state index contributed by atoms with van der Waals surface area (Å²) in [5, 5.41) is 6.31. The van der Waals surface area contributed by atoms with Gasteiger partial charge in [0.05, 0.1) is 15.7 Å². The molecule has 0 aliphatic rings. The molecule has 0 unspecified atom stereocenters. The summed E-state index contributed by atoms with van der Waals surface area (Å²) in [5.74, 6) is 0. The van der Waals surface area contributed by atoms with Gasteiger partial charge >= 0.3 is 0 Å². The summed E-state index contributed by atoms with van der Waals surface area (Å²) in [7, 11) is 0. The molecule has 0 bridgehead atoms. The number of rotatable bonds is 2. The van der Waals surface area contributed by atoms with Gasteiger partial charge in [0.25, 0.3) is 0 Å². The number of halogens is 2. The van der Waals surface area contributed by atoms with Crippen LogP contribution in [-0.2, 0) is 0 Å². The van der Waals surface area contributed by atoms with Crippen molar-refractivity contribution in [2.24, 2.45) is 0 Å². The molecular formula is C16H13Cl2N3. The first-order chi connectivity index (χ1) is 10.1. The Morgan fingerprint density at radius 2 is 1.76 bits per heavy atom. The molecule has 3 rings (SSSR count). The van der Waals surface area contributed by atoms with Crippen molar-refractivity contribution in [3.63, 3.8) is 0 Å². The number of anilines is 3. The minimum Gasteiger partial charge on any atom is -0.398 e. The van der Waals surface area contributed by atoms with E-state index in [0.29, 0.717) is 21.4 Å². The zero-order valence-electron chi connectivity index (χ0n) is 11.3. The Morgan fingerprint density at radius 3 is 2.48 bits per heavy atom. The van der Waals surface area contributed by atoms with Crippen LogP contribution in [0.5, 0.6) is 0 Å². The summed E-state index contributed by atoms with van der Waals surface area (Å²) < 4.78 is 0. The van der Waals surface area contributed by atoms with E-state index in [1.807, 2.05) is 31.2 Å². The Balaban J connectivity index is 2.17. The summed E-state index contributed by atoms with van der Waals surface area (Å²) in [5.41, 5.74) is 9.19. The number of aromatic nitrogens is 1. The number of nitrogens with one attached hydrogen (secondary N) is 1. The van der Waals surface area contributed by atoms with E-state index in [2.05, 4.69) is 10.3 Å². The molecule has 106 valence electrons. The Labute approximate surface area is 132 Å². The van der Waals surface area contributed by atoms with E-state index in [4.69, 9.17) is 28.9 Å². The Bertz CT molecular complexity index is 811. The van der Waals surface area contributed by atoms with E-state index in [1.54, 1.807) is 18.3 Å². The molecule has 0 saturated heterocycles. The minimum absolute atomic E-state index is 0.568. The lowest BCUT2D eigenvalue weighted by molar-refractivity contribution is 1.22. The van der Waals surface area contributed by atoms with Crippen molar-refractivity contribution in [2.75, 3.05) is 11.1 Å². The predicted molar refractivity (Wildman–Crippen MR) is 90.6 cm³/mol. The molecule has 5 heteroatoms. The van der Waals surface area contributed by atoms with Crippen LogP contribution in [0.4, 0.5) is 17.1 Å². The number of nitrogens with zero attached hydrogens (tertiary/aromatic N) is 1. The molecule has 0 radical (unpaired) electrons. The third-order valence-electron chi connectivity index (χ3n) is 3.29. The molecule has 0 saturated carbocycles. The smallest absolute Gasteiger partial charge is 0.0763 e. The Hall–Kier alpha value is -1.97. The molecule has 2 aromatic carbocycles. The van der Waals surface area contributed by atoms with E-state index in [-0.39, 0.29) is 0 Å². The molecule has 0 aliphatic heterocycles. The summed E-state index contributed by atoms with van der Waals surface area (Å²) in [6, 6.07) is 11.1. The third kappa shape index (κ3) is 2.62. The van der Waals surface area contributed by atoms with Gasteiger partial charge in [-0.2, -0.15) is 0 Å². The maximum atomic E-state index is 6.21. The molecule has 1 aromatic heterocycles. The molecule has 1 heterocycles. The highest BCUT2D eigenvalue weighted by Gasteiger charge is 2.09. The maximum absolute atomic E-state index is 6.21. The number of nitrogen functional groups attached to an aromatic ring is 1. The SMILES string of the molecule is Cc1cc2c(Nc3c(Cl)cccc3Cl)ccc(N)c2cn1. The molecule has 0 aliphatic carbocycles. The van der Waals surface area contributed by atoms with Gasteiger partial charge in [-0.1, -0.05) is 29.3 Å². The molecule has 0 spiro atoms. The molecule has 3 nitrogen and oxygen atoms in total. The van der Waals surface area contributed by atoms with Gasteiger partial charge in [0, 0.05) is 34.0 Å². The third-order valence-corrected chi connectivity index (χ3v) is 3.92. The lowest BCUT2D eigenvalue weighted by Crippen LogP contribution is -1.96. The zero-order valence-corrected chi connectivity index (χ0v) is 12.8. The number of aryl methyl sites for hydroxylation is 1. The van der Waals surface area contributed by atoms with Gasteiger partial charge < -0.3 is 11.1 Å². The second kappa shape index (κ2) is 5.43. The van der Waals surface area contributed by atoms with Crippen molar-refractivity contribution in [3.05, 3.63) is 58.3 Å². The first-order valence-corrected chi connectivity index (χ1v) is 7.18. The summed E-state index contributed by atoms with van der Waals surface area (Å²) in [6.07, 6.45) is 1.78. The van der Waals surface area contributed by atoms with Gasteiger partial charge in [-0.05, 0) is 37.3 Å². The molecule has 0 atom stereocenters. The summed E-state index contributed by atoms with van der Waals surface area (Å²) >= 11 is 12.4. The standard InChI is InChI=1S/C16H13Cl2N3/c1-9-7-10-11(8-20-9)14(19)5-6-15(10)21-16-12(17)3-2-4-13(16)18/h2-8,21H,19H2,1H3. The van der Waals surface area contributed by atoms with Crippen LogP contribution in [0.1, 0.15) is 5.69 Å². The van der Waals surface area contributed by atoms with Gasteiger partial charge in [0.2, 0.25) is 0 Å².